The number of nitrogens with zero attached hydrogens (tertiary/aromatic N) is 1. The number of aromatic amines is 1. The first-order valence-electron chi connectivity index (χ1n) is 24.6. The SMILES string of the molecule is CCC(C)C(NC(=O)C(Cc1c[nH]c2ccccc12)NC(=O)C(CC(=O)O)NC(=O)C(CCCN=C(N)N)NC(=O)C(N)C(C)O)C(=O)NC(CCC(=O)O)C(=O)NCC(=O)NC(CCC(=O)O)C(=O)NC(C(=O)O)C(C)O. The summed E-state index contributed by atoms with van der Waals surface area (Å²) in [7, 11) is 0. The number of rotatable bonds is 35. The molecular formula is C47H71N13O18. The zero-order valence-corrected chi connectivity index (χ0v) is 43.3. The van der Waals surface area contributed by atoms with Crippen molar-refractivity contribution in [3.8, 4) is 0 Å². The molecule has 0 radical (unpaired) electrons. The molecule has 78 heavy (non-hydrogen) atoms. The van der Waals surface area contributed by atoms with Gasteiger partial charge in [0.25, 0.3) is 0 Å². The van der Waals surface area contributed by atoms with Gasteiger partial charge in [-0.05, 0) is 57.1 Å². The van der Waals surface area contributed by atoms with Gasteiger partial charge in [-0.2, -0.15) is 0 Å². The third-order valence-electron chi connectivity index (χ3n) is 12.0. The first-order chi connectivity index (χ1) is 36.6. The van der Waals surface area contributed by atoms with Crippen molar-refractivity contribution in [1.29, 1.82) is 0 Å². The maximum atomic E-state index is 14.5. The molecule has 1 aromatic carbocycles. The molecule has 11 unspecified atom stereocenters. The van der Waals surface area contributed by atoms with Crippen LogP contribution >= 0.6 is 0 Å². The van der Waals surface area contributed by atoms with Crippen LogP contribution in [0, 0.1) is 5.92 Å². The molecular weight excluding hydrogens is 1030 g/mol. The Morgan fingerprint density at radius 1 is 0.603 bits per heavy atom. The second-order valence-electron chi connectivity index (χ2n) is 18.3. The molecule has 0 aliphatic heterocycles. The number of carbonyl (C=O) groups is 12. The standard InChI is InChI=1S/C47H71N13O18/c1-5-21(2)37(45(76)56-28(12-14-33(64)65)39(70)53-20-32(63)54-29(13-15-34(66)67)41(72)60-38(23(4)62)46(77)78)59-43(74)30(17-24-19-52-26-10-7-6-9-25(24)26)57-42(73)31(18-35(68)69)58-40(71)27(11-8-16-51-47(49)50)55-44(75)36(48)22(3)61/h6-7,9-10,19,21-23,27-31,36-38,52,61-62H,5,8,11-18,20,48H2,1-4H3,(H,53,70)(H,54,63)(H,55,75)(H,56,76)(H,57,73)(H,58,71)(H,59,74)(H,60,72)(H,64,65)(H,66,67)(H,68,69)(H,77,78)(H4,49,50,51). The molecule has 0 saturated carbocycles. The van der Waals surface area contributed by atoms with Gasteiger partial charge in [0, 0.05) is 42.9 Å². The highest BCUT2D eigenvalue weighted by Gasteiger charge is 2.37. The number of fused-ring (bicyclic) bond motifs is 1. The Kier molecular flexibility index (Phi) is 27.1. The third kappa shape index (κ3) is 22.4. The summed E-state index contributed by atoms with van der Waals surface area (Å²) in [4.78, 5) is 163. The first-order valence-corrected chi connectivity index (χ1v) is 24.6. The molecule has 0 aliphatic rings. The predicted molar refractivity (Wildman–Crippen MR) is 273 cm³/mol. The minimum absolute atomic E-state index is 0.0202. The molecule has 31 heteroatoms. The van der Waals surface area contributed by atoms with E-state index in [1.807, 2.05) is 5.32 Å². The molecule has 21 N–H and O–H groups in total. The monoisotopic (exact) mass is 1110 g/mol. The summed E-state index contributed by atoms with van der Waals surface area (Å²) in [6.45, 7) is 4.47. The second kappa shape index (κ2) is 32.2. The van der Waals surface area contributed by atoms with E-state index in [4.69, 9.17) is 17.2 Å². The molecule has 2 aromatic rings. The number of aliphatic hydroxyl groups excluding tert-OH is 2. The third-order valence-corrected chi connectivity index (χ3v) is 12.0. The summed E-state index contributed by atoms with van der Waals surface area (Å²) < 4.78 is 0. The molecule has 31 nitrogen and oxygen atoms in total. The number of aliphatic hydroxyl groups is 2. The number of aliphatic imine (C=N–C) groups is 1. The summed E-state index contributed by atoms with van der Waals surface area (Å²) in [5.74, 6) is -15.9. The van der Waals surface area contributed by atoms with E-state index >= 15 is 0 Å². The van der Waals surface area contributed by atoms with Gasteiger partial charge in [-0.15, -0.1) is 0 Å². The van der Waals surface area contributed by atoms with E-state index in [2.05, 4.69) is 47.2 Å². The molecule has 432 valence electrons. The topological polar surface area (TPSA) is 529 Å². The predicted octanol–water partition coefficient (Wildman–Crippen LogP) is -5.30. The Balaban J connectivity index is 2.49. The number of carboxylic acid groups (broad SMARTS) is 4. The number of hydrogen-bond acceptors (Lipinski definition) is 16. The number of nitrogens with two attached hydrogens (primary N) is 3. The number of carboxylic acids is 4. The van der Waals surface area contributed by atoms with Gasteiger partial charge in [-0.25, -0.2) is 4.79 Å². The number of H-pyrrole nitrogens is 1. The average molecular weight is 1110 g/mol. The first kappa shape index (κ1) is 65.7. The van der Waals surface area contributed by atoms with Crippen LogP contribution in [0.5, 0.6) is 0 Å². The van der Waals surface area contributed by atoms with Gasteiger partial charge in [0.1, 0.15) is 42.3 Å². The maximum absolute atomic E-state index is 14.5. The van der Waals surface area contributed by atoms with E-state index in [-0.39, 0.29) is 38.2 Å². The van der Waals surface area contributed by atoms with Gasteiger partial charge in [0.05, 0.1) is 25.2 Å². The molecule has 11 atom stereocenters. The van der Waals surface area contributed by atoms with E-state index < -0.39 is 176 Å². The van der Waals surface area contributed by atoms with Crippen molar-refractivity contribution in [2.45, 2.75) is 146 Å². The van der Waals surface area contributed by atoms with E-state index in [0.717, 1.165) is 6.92 Å². The minimum atomic E-state index is -1.92. The lowest BCUT2D eigenvalue weighted by atomic mass is 9.96. The van der Waals surface area contributed by atoms with Crippen LogP contribution in [0.4, 0.5) is 0 Å². The lowest BCUT2D eigenvalue weighted by molar-refractivity contribution is -0.145. The number of carbonyl (C=O) groups excluding carboxylic acids is 8. The van der Waals surface area contributed by atoms with Crippen molar-refractivity contribution in [1.82, 2.24) is 47.5 Å². The number of benzene rings is 1. The summed E-state index contributed by atoms with van der Waals surface area (Å²) in [6.07, 6.45) is -5.30. The molecule has 8 amide bonds. The Morgan fingerprint density at radius 2 is 1.12 bits per heavy atom. The molecule has 0 bridgehead atoms. The zero-order valence-electron chi connectivity index (χ0n) is 43.3. The van der Waals surface area contributed by atoms with Crippen molar-refractivity contribution in [3.63, 3.8) is 0 Å². The number of aromatic nitrogens is 1. The number of guanidine groups is 1. The highest BCUT2D eigenvalue weighted by atomic mass is 16.4. The van der Waals surface area contributed by atoms with Crippen LogP contribution in [0.3, 0.4) is 0 Å². The minimum Gasteiger partial charge on any atom is -0.481 e. The summed E-state index contributed by atoms with van der Waals surface area (Å²) in [5.41, 5.74) is 17.6. The van der Waals surface area contributed by atoms with E-state index in [1.54, 1.807) is 31.2 Å². The Morgan fingerprint density at radius 3 is 1.67 bits per heavy atom. The van der Waals surface area contributed by atoms with Gasteiger partial charge < -0.3 is 95.4 Å². The average Bonchev–Trinajstić information content (AvgIpc) is 3.78. The van der Waals surface area contributed by atoms with Crippen molar-refractivity contribution in [3.05, 3.63) is 36.0 Å². The normalized spacial score (nSPS) is 15.3. The Bertz CT molecular complexity index is 2500. The zero-order chi connectivity index (χ0) is 59.0. The van der Waals surface area contributed by atoms with Crippen LogP contribution < -0.4 is 59.7 Å². The molecule has 0 fully saturated rings. The van der Waals surface area contributed by atoms with E-state index in [9.17, 15) is 88.2 Å². The maximum Gasteiger partial charge on any atom is 0.328 e. The summed E-state index contributed by atoms with van der Waals surface area (Å²) in [6, 6.07) is -6.56. The summed E-state index contributed by atoms with van der Waals surface area (Å²) in [5, 5.41) is 76.5. The van der Waals surface area contributed by atoms with Crippen LogP contribution in [0.15, 0.2) is 35.5 Å². The molecule has 0 spiro atoms. The van der Waals surface area contributed by atoms with E-state index in [1.165, 1.54) is 20.0 Å². The molecule has 2 rings (SSSR count). The number of amides is 8. The van der Waals surface area contributed by atoms with Crippen molar-refractivity contribution in [2.75, 3.05) is 13.1 Å². The highest BCUT2D eigenvalue weighted by Crippen LogP contribution is 2.20. The van der Waals surface area contributed by atoms with Crippen molar-refractivity contribution < 1.29 is 88.2 Å². The number of aliphatic carboxylic acids is 4. The smallest absolute Gasteiger partial charge is 0.328 e. The van der Waals surface area contributed by atoms with Crippen LogP contribution in [0.2, 0.25) is 0 Å². The van der Waals surface area contributed by atoms with E-state index in [0.29, 0.717) is 16.5 Å². The summed E-state index contributed by atoms with van der Waals surface area (Å²) >= 11 is 0. The fourth-order valence-electron chi connectivity index (χ4n) is 7.39. The van der Waals surface area contributed by atoms with Crippen molar-refractivity contribution >= 4 is 88.0 Å². The van der Waals surface area contributed by atoms with Crippen LogP contribution in [0.25, 0.3) is 10.9 Å². The fourth-order valence-corrected chi connectivity index (χ4v) is 7.39. The molecule has 0 saturated heterocycles. The van der Waals surface area contributed by atoms with Gasteiger partial charge in [-0.3, -0.25) is 57.7 Å². The molecule has 0 aliphatic carbocycles. The van der Waals surface area contributed by atoms with Crippen molar-refractivity contribution in [2.24, 2.45) is 28.1 Å². The molecule has 1 heterocycles. The van der Waals surface area contributed by atoms with Crippen LogP contribution in [-0.2, 0) is 64.0 Å². The number of para-hydroxylation sites is 1. The van der Waals surface area contributed by atoms with Gasteiger partial charge >= 0.3 is 23.9 Å². The Labute approximate surface area is 446 Å². The molecule has 1 aromatic heterocycles. The lowest BCUT2D eigenvalue weighted by Crippen LogP contribution is -2.61. The Hall–Kier alpha value is -8.45. The largest absolute Gasteiger partial charge is 0.481 e. The van der Waals surface area contributed by atoms with Gasteiger partial charge in [0.15, 0.2) is 12.0 Å². The quantitative estimate of drug-likeness (QED) is 0.0174. The number of nitrogens with one attached hydrogen (secondary N) is 9. The lowest BCUT2D eigenvalue weighted by Gasteiger charge is -2.29. The number of hydrogen-bond donors (Lipinski definition) is 18. The van der Waals surface area contributed by atoms with Crippen LogP contribution in [-0.4, -0.2) is 186 Å². The highest BCUT2D eigenvalue weighted by molar-refractivity contribution is 5.99. The van der Waals surface area contributed by atoms with Crippen LogP contribution in [0.1, 0.15) is 84.6 Å². The van der Waals surface area contributed by atoms with Gasteiger partial charge in [-0.1, -0.05) is 38.5 Å². The fraction of sp³-hybridized carbons (Fsp3) is 0.553. The van der Waals surface area contributed by atoms with Gasteiger partial charge in [0.2, 0.25) is 47.3 Å². The second-order valence-corrected chi connectivity index (χ2v) is 18.3.